The monoisotopic (exact) mass is 539 g/mol. The summed E-state index contributed by atoms with van der Waals surface area (Å²) >= 11 is 0. The molecule has 3 aromatic rings. The van der Waals surface area contributed by atoms with Crippen molar-refractivity contribution in [2.75, 3.05) is 30.8 Å². The van der Waals surface area contributed by atoms with Gasteiger partial charge in [-0.25, -0.2) is 8.42 Å². The Labute approximate surface area is 225 Å². The number of benzene rings is 3. The van der Waals surface area contributed by atoms with Gasteiger partial charge in [0.2, 0.25) is 15.9 Å². The normalized spacial score (nSPS) is 12.9. The first-order valence-electron chi connectivity index (χ1n) is 12.6. The topological polar surface area (TPSA) is 108 Å². The van der Waals surface area contributed by atoms with Gasteiger partial charge in [-0.05, 0) is 48.2 Å². The lowest BCUT2D eigenvalue weighted by molar-refractivity contribution is -0.122. The second kappa shape index (κ2) is 14.5. The molecule has 0 aromatic heterocycles. The molecular weight excluding hydrogens is 502 g/mol. The highest BCUT2D eigenvalue weighted by Crippen LogP contribution is 2.16. The number of aliphatic hydroxyl groups is 1. The molecule has 9 heteroatoms. The van der Waals surface area contributed by atoms with Crippen LogP contribution in [0.1, 0.15) is 24.0 Å². The number of aliphatic hydroxyl groups excluding tert-OH is 1. The van der Waals surface area contributed by atoms with E-state index in [-0.39, 0.29) is 31.0 Å². The maximum absolute atomic E-state index is 12.8. The highest BCUT2D eigenvalue weighted by atomic mass is 32.2. The van der Waals surface area contributed by atoms with E-state index >= 15 is 0 Å². The highest BCUT2D eigenvalue weighted by Gasteiger charge is 2.23. The number of nitrogens with zero attached hydrogens (tertiary/aromatic N) is 1. The third-order valence-electron chi connectivity index (χ3n) is 6.27. The van der Waals surface area contributed by atoms with Crippen LogP contribution in [0.15, 0.2) is 84.9 Å². The van der Waals surface area contributed by atoms with Crippen LogP contribution in [0.5, 0.6) is 5.75 Å². The SMILES string of the molecule is COc1cccc(CNC[C@H](O)[C@H](Cc2ccccc2)NC(=O)CCCS(=O)(=O)N(C)c2ccccc2)c1. The van der Waals surface area contributed by atoms with E-state index in [0.29, 0.717) is 18.7 Å². The van der Waals surface area contributed by atoms with Crippen molar-refractivity contribution in [3.63, 3.8) is 0 Å². The fourth-order valence-corrected chi connectivity index (χ4v) is 5.30. The number of anilines is 1. The van der Waals surface area contributed by atoms with Crippen molar-refractivity contribution in [1.29, 1.82) is 0 Å². The van der Waals surface area contributed by atoms with Crippen molar-refractivity contribution in [1.82, 2.24) is 10.6 Å². The summed E-state index contributed by atoms with van der Waals surface area (Å²) in [6.45, 7) is 0.804. The predicted octanol–water partition coefficient (Wildman–Crippen LogP) is 3.12. The van der Waals surface area contributed by atoms with Gasteiger partial charge in [0.25, 0.3) is 0 Å². The number of hydrogen-bond acceptors (Lipinski definition) is 6. The lowest BCUT2D eigenvalue weighted by atomic mass is 10.0. The Morgan fingerprint density at radius 1 is 0.974 bits per heavy atom. The molecule has 38 heavy (non-hydrogen) atoms. The van der Waals surface area contributed by atoms with Crippen LogP contribution in [0.3, 0.4) is 0 Å². The Morgan fingerprint density at radius 2 is 1.63 bits per heavy atom. The first-order chi connectivity index (χ1) is 18.3. The van der Waals surface area contributed by atoms with Crippen LogP contribution < -0.4 is 19.7 Å². The van der Waals surface area contributed by atoms with Crippen LogP contribution in [0.4, 0.5) is 5.69 Å². The minimum atomic E-state index is -3.56. The number of carbonyl (C=O) groups excluding carboxylic acids is 1. The smallest absolute Gasteiger partial charge is 0.234 e. The first-order valence-corrected chi connectivity index (χ1v) is 14.3. The number of amides is 1. The van der Waals surface area contributed by atoms with Crippen molar-refractivity contribution in [3.8, 4) is 5.75 Å². The fourth-order valence-electron chi connectivity index (χ4n) is 4.07. The van der Waals surface area contributed by atoms with Crippen LogP contribution in [0.2, 0.25) is 0 Å². The molecule has 2 atom stereocenters. The molecule has 0 saturated heterocycles. The van der Waals surface area contributed by atoms with E-state index in [9.17, 15) is 18.3 Å². The summed E-state index contributed by atoms with van der Waals surface area (Å²) in [5.74, 6) is 0.311. The van der Waals surface area contributed by atoms with Gasteiger partial charge in [0.1, 0.15) is 5.75 Å². The van der Waals surface area contributed by atoms with Crippen LogP contribution in [0.25, 0.3) is 0 Å². The number of ether oxygens (including phenoxy) is 1. The molecule has 204 valence electrons. The molecule has 0 spiro atoms. The Bertz CT molecular complexity index is 1240. The summed E-state index contributed by atoms with van der Waals surface area (Å²) in [6, 6.07) is 25.6. The Morgan fingerprint density at radius 3 is 2.32 bits per heavy atom. The number of carbonyl (C=O) groups is 1. The van der Waals surface area contributed by atoms with Crippen molar-refractivity contribution >= 4 is 21.6 Å². The number of sulfonamides is 1. The minimum absolute atomic E-state index is 0.0388. The molecule has 3 rings (SSSR count). The third-order valence-corrected chi connectivity index (χ3v) is 8.12. The Hall–Kier alpha value is -3.40. The molecule has 0 aliphatic heterocycles. The molecule has 0 radical (unpaired) electrons. The summed E-state index contributed by atoms with van der Waals surface area (Å²) in [7, 11) is -0.436. The number of nitrogens with one attached hydrogen (secondary N) is 2. The van der Waals surface area contributed by atoms with E-state index in [1.54, 1.807) is 31.4 Å². The average molecular weight is 540 g/mol. The van der Waals surface area contributed by atoms with Gasteiger partial charge >= 0.3 is 0 Å². The van der Waals surface area contributed by atoms with Crippen molar-refractivity contribution < 1.29 is 23.1 Å². The summed E-state index contributed by atoms with van der Waals surface area (Å²) < 4.78 is 31.9. The minimum Gasteiger partial charge on any atom is -0.497 e. The van der Waals surface area contributed by atoms with Gasteiger partial charge in [-0.3, -0.25) is 9.10 Å². The molecule has 3 aromatic carbocycles. The number of para-hydroxylation sites is 1. The predicted molar refractivity (Wildman–Crippen MR) is 151 cm³/mol. The third kappa shape index (κ3) is 9.16. The molecule has 0 aliphatic carbocycles. The van der Waals surface area contributed by atoms with E-state index in [2.05, 4.69) is 10.6 Å². The summed E-state index contributed by atoms with van der Waals surface area (Å²) in [4.78, 5) is 12.8. The van der Waals surface area contributed by atoms with Gasteiger partial charge in [0.15, 0.2) is 0 Å². The summed E-state index contributed by atoms with van der Waals surface area (Å²) in [5.41, 5.74) is 2.57. The van der Waals surface area contributed by atoms with E-state index in [0.717, 1.165) is 16.9 Å². The summed E-state index contributed by atoms with van der Waals surface area (Å²) in [6.07, 6.45) is -0.188. The van der Waals surface area contributed by atoms with Crippen LogP contribution in [-0.4, -0.2) is 58.0 Å². The van der Waals surface area contributed by atoms with Gasteiger partial charge in [-0.15, -0.1) is 0 Å². The van der Waals surface area contributed by atoms with Crippen molar-refractivity contribution in [3.05, 3.63) is 96.1 Å². The molecule has 0 bridgehead atoms. The summed E-state index contributed by atoms with van der Waals surface area (Å²) in [5, 5.41) is 17.1. The zero-order valence-electron chi connectivity index (χ0n) is 21.9. The second-order valence-electron chi connectivity index (χ2n) is 9.14. The van der Waals surface area contributed by atoms with E-state index in [1.807, 2.05) is 60.7 Å². The maximum Gasteiger partial charge on any atom is 0.234 e. The molecule has 3 N–H and O–H groups in total. The van der Waals surface area contributed by atoms with Gasteiger partial charge in [0, 0.05) is 26.6 Å². The van der Waals surface area contributed by atoms with Gasteiger partial charge < -0.3 is 20.5 Å². The van der Waals surface area contributed by atoms with E-state index in [1.165, 1.54) is 11.4 Å². The number of rotatable bonds is 15. The van der Waals surface area contributed by atoms with Crippen molar-refractivity contribution in [2.24, 2.45) is 0 Å². The molecular formula is C29H37N3O5S. The zero-order valence-corrected chi connectivity index (χ0v) is 22.7. The largest absolute Gasteiger partial charge is 0.497 e. The quantitative estimate of drug-likeness (QED) is 0.274. The van der Waals surface area contributed by atoms with Crippen LogP contribution in [-0.2, 0) is 27.8 Å². The van der Waals surface area contributed by atoms with Gasteiger partial charge in [0.05, 0.1) is 30.7 Å². The molecule has 0 saturated carbocycles. The van der Waals surface area contributed by atoms with E-state index in [4.69, 9.17) is 4.74 Å². The zero-order chi connectivity index (χ0) is 27.4. The van der Waals surface area contributed by atoms with Crippen LogP contribution in [0, 0.1) is 0 Å². The molecule has 0 unspecified atom stereocenters. The fraction of sp³-hybridized carbons (Fsp3) is 0.345. The first kappa shape index (κ1) is 29.2. The number of hydrogen-bond donors (Lipinski definition) is 3. The second-order valence-corrected chi connectivity index (χ2v) is 11.3. The van der Waals surface area contributed by atoms with E-state index < -0.39 is 22.2 Å². The highest BCUT2D eigenvalue weighted by molar-refractivity contribution is 7.92. The molecule has 0 heterocycles. The van der Waals surface area contributed by atoms with Crippen molar-refractivity contribution in [2.45, 2.75) is 38.0 Å². The standard InChI is InChI=1S/C29H37N3O5S/c1-32(25-14-7-4-8-15-25)38(35,36)18-10-17-29(34)31-27(20-23-11-5-3-6-12-23)28(33)22-30-21-24-13-9-16-26(19-24)37-2/h3-9,11-16,19,27-28,30,33H,10,17-18,20-22H2,1-2H3,(H,31,34)/t27-,28-/m0/s1. The average Bonchev–Trinajstić information content (AvgIpc) is 2.93. The van der Waals surface area contributed by atoms with Gasteiger partial charge in [-0.1, -0.05) is 60.7 Å². The lowest BCUT2D eigenvalue weighted by Crippen LogP contribution is -2.48. The maximum atomic E-state index is 12.8. The molecule has 0 fully saturated rings. The molecule has 0 aliphatic rings. The van der Waals surface area contributed by atoms with Gasteiger partial charge in [-0.2, -0.15) is 0 Å². The lowest BCUT2D eigenvalue weighted by Gasteiger charge is -2.25. The Balaban J connectivity index is 1.54. The molecule has 1 amide bonds. The Kier molecular flexibility index (Phi) is 11.1. The van der Waals surface area contributed by atoms with Crippen LogP contribution >= 0.6 is 0 Å². The number of methoxy groups -OCH3 is 1. The molecule has 8 nitrogen and oxygen atoms in total.